The Labute approximate surface area is 92.4 Å². The number of amides is 1. The van der Waals surface area contributed by atoms with Crippen LogP contribution in [-0.4, -0.2) is 11.7 Å². The van der Waals surface area contributed by atoms with E-state index in [1.54, 1.807) is 18.2 Å². The fourth-order valence-electron chi connectivity index (χ4n) is 1.75. The molecule has 5 N–H and O–H groups in total. The van der Waals surface area contributed by atoms with Crippen molar-refractivity contribution in [2.24, 2.45) is 11.5 Å². The summed E-state index contributed by atoms with van der Waals surface area (Å²) < 4.78 is 0. The lowest BCUT2D eigenvalue weighted by atomic mass is 9.99. The van der Waals surface area contributed by atoms with Crippen LogP contribution in [0.25, 0.3) is 10.8 Å². The third-order valence-corrected chi connectivity index (χ3v) is 2.48. The van der Waals surface area contributed by atoms with Gasteiger partial charge >= 0.3 is 0 Å². The first-order valence-electron chi connectivity index (χ1n) is 4.77. The second kappa shape index (κ2) is 3.66. The van der Waals surface area contributed by atoms with Crippen LogP contribution in [0.4, 0.5) is 0 Å². The summed E-state index contributed by atoms with van der Waals surface area (Å²) in [5.41, 5.74) is 11.8. The van der Waals surface area contributed by atoms with Crippen LogP contribution in [0.5, 0.6) is 0 Å². The van der Waals surface area contributed by atoms with Gasteiger partial charge in [0.1, 0.15) is 5.84 Å². The number of primary amides is 1. The molecule has 0 aromatic heterocycles. The second-order valence-electron chi connectivity index (χ2n) is 3.48. The van der Waals surface area contributed by atoms with Gasteiger partial charge in [-0.1, -0.05) is 24.3 Å². The van der Waals surface area contributed by atoms with Gasteiger partial charge < -0.3 is 11.5 Å². The molecule has 0 aliphatic heterocycles. The van der Waals surface area contributed by atoms with Crippen LogP contribution >= 0.6 is 0 Å². The van der Waals surface area contributed by atoms with Crippen molar-refractivity contribution >= 4 is 22.5 Å². The molecule has 0 saturated carbocycles. The van der Waals surface area contributed by atoms with E-state index in [-0.39, 0.29) is 5.84 Å². The van der Waals surface area contributed by atoms with Crippen LogP contribution in [-0.2, 0) is 0 Å². The highest BCUT2D eigenvalue weighted by atomic mass is 16.1. The van der Waals surface area contributed by atoms with Crippen molar-refractivity contribution < 1.29 is 4.79 Å². The first-order chi connectivity index (χ1) is 7.61. The van der Waals surface area contributed by atoms with E-state index < -0.39 is 5.91 Å². The molecular weight excluding hydrogens is 202 g/mol. The number of carbonyl (C=O) groups excluding carboxylic acids is 1. The number of hydrogen-bond acceptors (Lipinski definition) is 2. The predicted octanol–water partition coefficient (Wildman–Crippen LogP) is 1.22. The Balaban J connectivity index is 2.87. The predicted molar refractivity (Wildman–Crippen MR) is 63.5 cm³/mol. The summed E-state index contributed by atoms with van der Waals surface area (Å²) in [5, 5.41) is 8.95. The highest BCUT2D eigenvalue weighted by Crippen LogP contribution is 2.22. The molecule has 0 aliphatic carbocycles. The summed E-state index contributed by atoms with van der Waals surface area (Å²) in [7, 11) is 0. The molecule has 2 rings (SSSR count). The molecule has 0 bridgehead atoms. The third kappa shape index (κ3) is 1.50. The summed E-state index contributed by atoms with van der Waals surface area (Å²) in [6, 6.07) is 10.5. The van der Waals surface area contributed by atoms with Crippen molar-refractivity contribution in [1.29, 1.82) is 5.41 Å². The summed E-state index contributed by atoms with van der Waals surface area (Å²) in [5.74, 6) is -0.501. The lowest BCUT2D eigenvalue weighted by Crippen LogP contribution is -2.15. The van der Waals surface area contributed by atoms with Crippen molar-refractivity contribution in [3.05, 3.63) is 47.5 Å². The number of nitrogens with one attached hydrogen (secondary N) is 1. The molecule has 0 aliphatic rings. The van der Waals surface area contributed by atoms with E-state index in [1.807, 2.05) is 18.2 Å². The van der Waals surface area contributed by atoms with Crippen LogP contribution < -0.4 is 11.5 Å². The maximum absolute atomic E-state index is 11.2. The SMILES string of the molecule is N=C(N)c1ccc(C(N)=O)c2ccccc12. The largest absolute Gasteiger partial charge is 0.384 e. The zero-order valence-electron chi connectivity index (χ0n) is 8.53. The van der Waals surface area contributed by atoms with Gasteiger partial charge in [-0.25, -0.2) is 0 Å². The number of fused-ring (bicyclic) bond motifs is 1. The molecule has 0 radical (unpaired) electrons. The van der Waals surface area contributed by atoms with Crippen molar-refractivity contribution in [2.75, 3.05) is 0 Å². The number of rotatable bonds is 2. The van der Waals surface area contributed by atoms with E-state index in [4.69, 9.17) is 16.9 Å². The Morgan fingerprint density at radius 1 is 0.938 bits per heavy atom. The molecule has 80 valence electrons. The van der Waals surface area contributed by atoms with Gasteiger partial charge in [-0.05, 0) is 22.9 Å². The third-order valence-electron chi connectivity index (χ3n) is 2.48. The van der Waals surface area contributed by atoms with Gasteiger partial charge in [-0.15, -0.1) is 0 Å². The van der Waals surface area contributed by atoms with E-state index in [9.17, 15) is 4.79 Å². The van der Waals surface area contributed by atoms with Crippen LogP contribution in [0, 0.1) is 5.41 Å². The zero-order chi connectivity index (χ0) is 11.7. The second-order valence-corrected chi connectivity index (χ2v) is 3.48. The summed E-state index contributed by atoms with van der Waals surface area (Å²) in [6.07, 6.45) is 0. The topological polar surface area (TPSA) is 93.0 Å². The van der Waals surface area contributed by atoms with Gasteiger partial charge in [0.25, 0.3) is 0 Å². The first-order valence-corrected chi connectivity index (χ1v) is 4.77. The van der Waals surface area contributed by atoms with Crippen molar-refractivity contribution in [3.8, 4) is 0 Å². The number of nitrogens with two attached hydrogens (primary N) is 2. The lowest BCUT2D eigenvalue weighted by Gasteiger charge is -2.07. The Morgan fingerprint density at radius 3 is 1.94 bits per heavy atom. The Hall–Kier alpha value is -2.36. The molecule has 16 heavy (non-hydrogen) atoms. The molecule has 0 saturated heterocycles. The van der Waals surface area contributed by atoms with E-state index in [0.29, 0.717) is 11.1 Å². The minimum atomic E-state index is -0.480. The molecular formula is C12H11N3O. The minimum Gasteiger partial charge on any atom is -0.384 e. The summed E-state index contributed by atoms with van der Waals surface area (Å²) in [4.78, 5) is 11.2. The molecule has 0 fully saturated rings. The maximum atomic E-state index is 11.2. The Kier molecular flexibility index (Phi) is 2.32. The average molecular weight is 213 g/mol. The highest BCUT2D eigenvalue weighted by Gasteiger charge is 2.10. The zero-order valence-corrected chi connectivity index (χ0v) is 8.53. The molecule has 0 heterocycles. The fraction of sp³-hybridized carbons (Fsp3) is 0. The maximum Gasteiger partial charge on any atom is 0.249 e. The van der Waals surface area contributed by atoms with Crippen LogP contribution in [0.1, 0.15) is 15.9 Å². The van der Waals surface area contributed by atoms with E-state index >= 15 is 0 Å². The van der Waals surface area contributed by atoms with Crippen LogP contribution in [0.15, 0.2) is 36.4 Å². The smallest absolute Gasteiger partial charge is 0.249 e. The lowest BCUT2D eigenvalue weighted by molar-refractivity contribution is 0.100. The van der Waals surface area contributed by atoms with E-state index in [0.717, 1.165) is 10.8 Å². The van der Waals surface area contributed by atoms with Crippen molar-refractivity contribution in [2.45, 2.75) is 0 Å². The number of nitrogen functional groups attached to an aromatic ring is 1. The normalized spacial score (nSPS) is 10.2. The van der Waals surface area contributed by atoms with Gasteiger partial charge in [-0.2, -0.15) is 0 Å². The van der Waals surface area contributed by atoms with Gasteiger partial charge in [0.15, 0.2) is 0 Å². The van der Waals surface area contributed by atoms with Gasteiger partial charge in [0.2, 0.25) is 5.91 Å². The molecule has 4 heteroatoms. The monoisotopic (exact) mass is 213 g/mol. The molecule has 2 aromatic carbocycles. The molecule has 0 atom stereocenters. The minimum absolute atomic E-state index is 0.0211. The Bertz CT molecular complexity index is 537. The van der Waals surface area contributed by atoms with Gasteiger partial charge in [-0.3, -0.25) is 10.2 Å². The van der Waals surface area contributed by atoms with E-state index in [1.165, 1.54) is 0 Å². The molecule has 4 nitrogen and oxygen atoms in total. The van der Waals surface area contributed by atoms with E-state index in [2.05, 4.69) is 0 Å². The average Bonchev–Trinajstić information content (AvgIpc) is 2.27. The van der Waals surface area contributed by atoms with Crippen molar-refractivity contribution in [1.82, 2.24) is 0 Å². The quantitative estimate of drug-likeness (QED) is 0.517. The van der Waals surface area contributed by atoms with Crippen LogP contribution in [0.2, 0.25) is 0 Å². The summed E-state index contributed by atoms with van der Waals surface area (Å²) in [6.45, 7) is 0. The molecule has 1 amide bonds. The number of amidine groups is 1. The van der Waals surface area contributed by atoms with Crippen LogP contribution in [0.3, 0.4) is 0 Å². The summed E-state index contributed by atoms with van der Waals surface area (Å²) >= 11 is 0. The highest BCUT2D eigenvalue weighted by molar-refractivity contribution is 6.13. The number of carbonyl (C=O) groups is 1. The van der Waals surface area contributed by atoms with Crippen molar-refractivity contribution in [3.63, 3.8) is 0 Å². The van der Waals surface area contributed by atoms with Gasteiger partial charge in [0, 0.05) is 11.1 Å². The molecule has 2 aromatic rings. The number of benzene rings is 2. The Morgan fingerprint density at radius 2 is 1.44 bits per heavy atom. The number of hydrogen-bond donors (Lipinski definition) is 3. The fourth-order valence-corrected chi connectivity index (χ4v) is 1.75. The molecule has 0 spiro atoms. The molecule has 0 unspecified atom stereocenters. The standard InChI is InChI=1S/C12H11N3O/c13-11(14)9-5-6-10(12(15)16)8-4-2-1-3-7(8)9/h1-6H,(H3,13,14)(H2,15,16). The first kappa shape index (κ1) is 10.2. The van der Waals surface area contributed by atoms with Gasteiger partial charge in [0.05, 0.1) is 0 Å².